The van der Waals surface area contributed by atoms with Gasteiger partial charge in [0, 0.05) is 13.2 Å². The molecule has 0 aromatic carbocycles. The van der Waals surface area contributed by atoms with Crippen LogP contribution in [0.1, 0.15) is 33.6 Å². The second kappa shape index (κ2) is 17.4. The zero-order valence-corrected chi connectivity index (χ0v) is 13.1. The highest BCUT2D eigenvalue weighted by Gasteiger charge is 2.14. The molecule has 1 aliphatic heterocycles. The summed E-state index contributed by atoms with van der Waals surface area (Å²) < 4.78 is 5.30. The first-order valence-corrected chi connectivity index (χ1v) is 7.16. The summed E-state index contributed by atoms with van der Waals surface area (Å²) in [5, 5.41) is 2.69. The Morgan fingerprint density at radius 3 is 2.45 bits per heavy atom. The molecule has 0 radical (unpaired) electrons. The van der Waals surface area contributed by atoms with Crippen molar-refractivity contribution in [3.63, 3.8) is 0 Å². The second-order valence-electron chi connectivity index (χ2n) is 3.73. The van der Waals surface area contributed by atoms with Crippen molar-refractivity contribution >= 4 is 5.91 Å². The van der Waals surface area contributed by atoms with Gasteiger partial charge in [-0.3, -0.25) is 4.79 Å². The highest BCUT2D eigenvalue weighted by atomic mass is 16.5. The minimum Gasteiger partial charge on any atom is -0.376 e. The topological polar surface area (TPSA) is 38.3 Å². The third-order valence-electron chi connectivity index (χ3n) is 2.26. The van der Waals surface area contributed by atoms with E-state index in [0.29, 0.717) is 6.54 Å². The number of rotatable bonds is 5. The zero-order valence-electron chi connectivity index (χ0n) is 13.1. The molecule has 0 saturated carbocycles. The van der Waals surface area contributed by atoms with Gasteiger partial charge < -0.3 is 10.1 Å². The molecule has 20 heavy (non-hydrogen) atoms. The molecule has 1 aliphatic rings. The summed E-state index contributed by atoms with van der Waals surface area (Å²) in [6.07, 6.45) is 13.2. The monoisotopic (exact) mass is 279 g/mol. The van der Waals surface area contributed by atoms with Gasteiger partial charge in [0.15, 0.2) is 0 Å². The lowest BCUT2D eigenvalue weighted by molar-refractivity contribution is -0.116. The number of amides is 1. The molecule has 0 aromatic heterocycles. The van der Waals surface area contributed by atoms with Gasteiger partial charge in [-0.25, -0.2) is 0 Å². The standard InChI is InChI=1S/C8H13NO2.C7H10.C2H6/c1-2-8(10)9-6-7-4-3-5-11-7;1-3-5-7-6-4-2;1-2/h2,7H,1,3-6H2,(H,9,10);3-7H,1H2,2H3;1-2H3/b;6-4-,7-5-;. The van der Waals surface area contributed by atoms with E-state index in [-0.39, 0.29) is 12.0 Å². The fraction of sp³-hybridized carbons (Fsp3) is 0.471. The third kappa shape index (κ3) is 14.5. The molecule has 1 amide bonds. The van der Waals surface area contributed by atoms with E-state index in [1.165, 1.54) is 6.08 Å². The first kappa shape index (κ1) is 20.7. The SMILES string of the molecule is C=C/C=C\C=C/C.C=CC(=O)NCC1CCCO1.CC. The number of hydrogen-bond donors (Lipinski definition) is 1. The van der Waals surface area contributed by atoms with Gasteiger partial charge in [0.2, 0.25) is 5.91 Å². The number of carbonyl (C=O) groups is 1. The Kier molecular flexibility index (Phi) is 18.0. The fourth-order valence-electron chi connectivity index (χ4n) is 1.35. The van der Waals surface area contributed by atoms with Gasteiger partial charge in [-0.05, 0) is 25.8 Å². The van der Waals surface area contributed by atoms with Crippen molar-refractivity contribution in [2.24, 2.45) is 0 Å². The Morgan fingerprint density at radius 1 is 1.30 bits per heavy atom. The Hall–Kier alpha value is -1.61. The minimum absolute atomic E-state index is 0.125. The van der Waals surface area contributed by atoms with E-state index in [1.807, 2.05) is 45.1 Å². The maximum absolute atomic E-state index is 10.7. The molecule has 0 aliphatic carbocycles. The molecule has 0 bridgehead atoms. The summed E-state index contributed by atoms with van der Waals surface area (Å²) in [5.41, 5.74) is 0. The Morgan fingerprint density at radius 2 is 2.00 bits per heavy atom. The molecule has 1 heterocycles. The maximum atomic E-state index is 10.7. The maximum Gasteiger partial charge on any atom is 0.243 e. The largest absolute Gasteiger partial charge is 0.376 e. The van der Waals surface area contributed by atoms with E-state index < -0.39 is 0 Å². The number of carbonyl (C=O) groups excluding carboxylic acids is 1. The molecule has 1 atom stereocenters. The summed E-state index contributed by atoms with van der Waals surface area (Å²) in [4.78, 5) is 10.7. The van der Waals surface area contributed by atoms with Crippen molar-refractivity contribution in [3.05, 3.63) is 49.6 Å². The number of hydrogen-bond acceptors (Lipinski definition) is 2. The van der Waals surface area contributed by atoms with Crippen LogP contribution in [-0.2, 0) is 9.53 Å². The smallest absolute Gasteiger partial charge is 0.243 e. The average Bonchev–Trinajstić information content (AvgIpc) is 3.01. The normalized spacial score (nSPS) is 16.9. The summed E-state index contributed by atoms with van der Waals surface area (Å²) >= 11 is 0. The number of ether oxygens (including phenoxy) is 1. The molecular formula is C17H29NO2. The molecule has 1 rings (SSSR count). The van der Waals surface area contributed by atoms with Crippen molar-refractivity contribution in [3.8, 4) is 0 Å². The van der Waals surface area contributed by atoms with E-state index >= 15 is 0 Å². The lowest BCUT2D eigenvalue weighted by atomic mass is 10.2. The Labute approximate surface area is 124 Å². The molecule has 3 heteroatoms. The fourth-order valence-corrected chi connectivity index (χ4v) is 1.35. The van der Waals surface area contributed by atoms with Gasteiger partial charge in [0.05, 0.1) is 6.10 Å². The predicted molar refractivity (Wildman–Crippen MR) is 87.7 cm³/mol. The van der Waals surface area contributed by atoms with Crippen LogP contribution in [0.3, 0.4) is 0 Å². The van der Waals surface area contributed by atoms with Crippen LogP contribution in [0.2, 0.25) is 0 Å². The van der Waals surface area contributed by atoms with E-state index in [1.54, 1.807) is 6.08 Å². The van der Waals surface area contributed by atoms with Crippen molar-refractivity contribution in [2.75, 3.05) is 13.2 Å². The molecule has 0 spiro atoms. The van der Waals surface area contributed by atoms with Crippen LogP contribution in [0, 0.1) is 0 Å². The molecule has 1 fully saturated rings. The van der Waals surface area contributed by atoms with Gasteiger partial charge in [0.25, 0.3) is 0 Å². The lowest BCUT2D eigenvalue weighted by Crippen LogP contribution is -2.30. The third-order valence-corrected chi connectivity index (χ3v) is 2.26. The Balaban J connectivity index is 0. The summed E-state index contributed by atoms with van der Waals surface area (Å²) in [6, 6.07) is 0. The molecular weight excluding hydrogens is 250 g/mol. The van der Waals surface area contributed by atoms with E-state index in [2.05, 4.69) is 18.5 Å². The number of allylic oxidation sites excluding steroid dienone is 5. The van der Waals surface area contributed by atoms with Crippen LogP contribution in [0.4, 0.5) is 0 Å². The highest BCUT2D eigenvalue weighted by molar-refractivity contribution is 5.86. The molecule has 1 saturated heterocycles. The first-order valence-electron chi connectivity index (χ1n) is 7.16. The molecule has 114 valence electrons. The van der Waals surface area contributed by atoms with E-state index in [0.717, 1.165) is 19.4 Å². The average molecular weight is 279 g/mol. The molecule has 0 aromatic rings. The van der Waals surface area contributed by atoms with Crippen molar-refractivity contribution in [1.82, 2.24) is 5.32 Å². The minimum atomic E-state index is -0.125. The van der Waals surface area contributed by atoms with Gasteiger partial charge in [0.1, 0.15) is 0 Å². The van der Waals surface area contributed by atoms with Gasteiger partial charge in [-0.1, -0.05) is 57.4 Å². The Bertz CT molecular complexity index is 300. The van der Waals surface area contributed by atoms with Crippen LogP contribution in [0.5, 0.6) is 0 Å². The second-order valence-corrected chi connectivity index (χ2v) is 3.73. The van der Waals surface area contributed by atoms with Crippen LogP contribution in [-0.4, -0.2) is 25.2 Å². The highest BCUT2D eigenvalue weighted by Crippen LogP contribution is 2.10. The zero-order chi connectivity index (χ0) is 15.6. The van der Waals surface area contributed by atoms with Crippen molar-refractivity contribution in [2.45, 2.75) is 39.7 Å². The quantitative estimate of drug-likeness (QED) is 0.614. The lowest BCUT2D eigenvalue weighted by Gasteiger charge is -2.08. The van der Waals surface area contributed by atoms with Crippen LogP contribution in [0.15, 0.2) is 49.6 Å². The number of nitrogens with one attached hydrogen (secondary N) is 1. The molecule has 3 nitrogen and oxygen atoms in total. The van der Waals surface area contributed by atoms with E-state index in [4.69, 9.17) is 4.74 Å². The predicted octanol–water partition coefficient (Wildman–Crippen LogP) is 3.80. The summed E-state index contributed by atoms with van der Waals surface area (Å²) in [6.45, 7) is 14.3. The molecule has 1 N–H and O–H groups in total. The summed E-state index contributed by atoms with van der Waals surface area (Å²) in [7, 11) is 0. The van der Waals surface area contributed by atoms with Crippen LogP contribution < -0.4 is 5.32 Å². The van der Waals surface area contributed by atoms with E-state index in [9.17, 15) is 4.79 Å². The van der Waals surface area contributed by atoms with Crippen LogP contribution >= 0.6 is 0 Å². The van der Waals surface area contributed by atoms with Crippen molar-refractivity contribution < 1.29 is 9.53 Å². The molecule has 1 unspecified atom stereocenters. The summed E-state index contributed by atoms with van der Waals surface area (Å²) in [5.74, 6) is -0.125. The van der Waals surface area contributed by atoms with Crippen molar-refractivity contribution in [1.29, 1.82) is 0 Å². The van der Waals surface area contributed by atoms with Gasteiger partial charge in [-0.15, -0.1) is 0 Å². The van der Waals surface area contributed by atoms with Crippen LogP contribution in [0.25, 0.3) is 0 Å². The van der Waals surface area contributed by atoms with Gasteiger partial charge in [-0.2, -0.15) is 0 Å². The van der Waals surface area contributed by atoms with Gasteiger partial charge >= 0.3 is 0 Å². The first-order chi connectivity index (χ1) is 9.74.